The van der Waals surface area contributed by atoms with Gasteiger partial charge in [-0.15, -0.1) is 0 Å². The monoisotopic (exact) mass is 482 g/mol. The largest absolute Gasteiger partial charge is 0.416 e. The van der Waals surface area contributed by atoms with Crippen molar-refractivity contribution in [2.75, 3.05) is 23.3 Å². The molecule has 2 aromatic rings. The van der Waals surface area contributed by atoms with Crippen LogP contribution in [0.25, 0.3) is 0 Å². The Morgan fingerprint density at radius 3 is 2.58 bits per heavy atom. The lowest BCUT2D eigenvalue weighted by Crippen LogP contribution is -2.48. The molecule has 2 N–H and O–H groups in total. The van der Waals surface area contributed by atoms with Gasteiger partial charge in [0, 0.05) is 36.3 Å². The highest BCUT2D eigenvalue weighted by molar-refractivity contribution is 6.33. The molecule has 10 heteroatoms. The molecule has 1 saturated heterocycles. The Kier molecular flexibility index (Phi) is 7.51. The van der Waals surface area contributed by atoms with Gasteiger partial charge in [0.15, 0.2) is 0 Å². The van der Waals surface area contributed by atoms with Crippen LogP contribution in [0.4, 0.5) is 24.7 Å². The van der Waals surface area contributed by atoms with E-state index in [-0.39, 0.29) is 28.8 Å². The first-order chi connectivity index (χ1) is 15.4. The number of nitrogens with zero attached hydrogens (tertiary/aromatic N) is 2. The zero-order valence-electron chi connectivity index (χ0n) is 18.6. The molecule has 0 radical (unpaired) electrons. The van der Waals surface area contributed by atoms with Crippen LogP contribution in [-0.4, -0.2) is 35.9 Å². The fourth-order valence-electron chi connectivity index (χ4n) is 3.66. The van der Waals surface area contributed by atoms with Crippen molar-refractivity contribution in [2.24, 2.45) is 5.92 Å². The van der Waals surface area contributed by atoms with Gasteiger partial charge in [0.2, 0.25) is 5.91 Å². The molecule has 0 saturated carbocycles. The molecule has 2 amide bonds. The summed E-state index contributed by atoms with van der Waals surface area (Å²) in [6, 6.07) is 6.24. The summed E-state index contributed by atoms with van der Waals surface area (Å²) in [5.74, 6) is -0.433. The second-order valence-corrected chi connectivity index (χ2v) is 8.86. The van der Waals surface area contributed by atoms with Crippen LogP contribution in [0.5, 0.6) is 0 Å². The number of hydrogen-bond acceptors (Lipinski definition) is 4. The third-order valence-electron chi connectivity index (χ3n) is 5.36. The first-order valence-corrected chi connectivity index (χ1v) is 11.0. The summed E-state index contributed by atoms with van der Waals surface area (Å²) in [6.07, 6.45) is -2.99. The van der Waals surface area contributed by atoms with Gasteiger partial charge >= 0.3 is 6.18 Å². The van der Waals surface area contributed by atoms with Crippen LogP contribution >= 0.6 is 11.6 Å². The number of halogens is 4. The molecule has 1 unspecified atom stereocenters. The van der Waals surface area contributed by atoms with E-state index < -0.39 is 11.7 Å². The third kappa shape index (κ3) is 6.37. The Balaban J connectivity index is 1.70. The number of hydrogen-bond donors (Lipinski definition) is 2. The van der Waals surface area contributed by atoms with Crippen LogP contribution in [-0.2, 0) is 11.0 Å². The average molecular weight is 483 g/mol. The van der Waals surface area contributed by atoms with Crippen molar-refractivity contribution in [1.82, 2.24) is 10.3 Å². The maximum absolute atomic E-state index is 12.9. The van der Waals surface area contributed by atoms with E-state index in [1.54, 1.807) is 26.8 Å². The van der Waals surface area contributed by atoms with E-state index >= 15 is 0 Å². The Hall–Kier alpha value is -2.81. The lowest BCUT2D eigenvalue weighted by atomic mass is 10.0. The van der Waals surface area contributed by atoms with E-state index in [9.17, 15) is 22.8 Å². The van der Waals surface area contributed by atoms with E-state index in [1.807, 2.05) is 4.90 Å². The number of carbonyl (C=O) groups excluding carboxylic acids is 2. The predicted molar refractivity (Wildman–Crippen MR) is 122 cm³/mol. The van der Waals surface area contributed by atoms with E-state index in [2.05, 4.69) is 15.6 Å². The number of pyridine rings is 1. The average Bonchev–Trinajstić information content (AvgIpc) is 2.72. The van der Waals surface area contributed by atoms with Crippen molar-refractivity contribution < 1.29 is 22.8 Å². The van der Waals surface area contributed by atoms with E-state index in [0.717, 1.165) is 25.0 Å². The number of piperidine rings is 1. The van der Waals surface area contributed by atoms with Gasteiger partial charge in [0.25, 0.3) is 5.91 Å². The molecule has 0 bridgehead atoms. The van der Waals surface area contributed by atoms with Gasteiger partial charge in [0.05, 0.1) is 16.3 Å². The number of carbonyl (C=O) groups is 2. The van der Waals surface area contributed by atoms with Gasteiger partial charge in [-0.25, -0.2) is 4.98 Å². The molecule has 178 valence electrons. The summed E-state index contributed by atoms with van der Waals surface area (Å²) in [6.45, 7) is 6.29. The molecular weight excluding hydrogens is 457 g/mol. The topological polar surface area (TPSA) is 74.3 Å². The molecule has 1 aromatic heterocycles. The minimum Gasteiger partial charge on any atom is -0.368 e. The predicted octanol–water partition coefficient (Wildman–Crippen LogP) is 5.06. The minimum atomic E-state index is -4.46. The van der Waals surface area contributed by atoms with Gasteiger partial charge in [-0.2, -0.15) is 13.2 Å². The van der Waals surface area contributed by atoms with Gasteiger partial charge in [-0.05, 0) is 50.1 Å². The first-order valence-electron chi connectivity index (χ1n) is 10.7. The highest BCUT2D eigenvalue weighted by atomic mass is 35.5. The van der Waals surface area contributed by atoms with E-state index in [1.165, 1.54) is 12.1 Å². The summed E-state index contributed by atoms with van der Waals surface area (Å²) in [5, 5.41) is 5.69. The highest BCUT2D eigenvalue weighted by Gasteiger charge is 2.32. The molecule has 0 spiro atoms. The molecule has 2 heterocycles. The third-order valence-corrected chi connectivity index (χ3v) is 5.67. The maximum atomic E-state index is 12.9. The molecule has 1 aliphatic rings. The quantitative estimate of drug-likeness (QED) is 0.625. The molecule has 1 fully saturated rings. The van der Waals surface area contributed by atoms with Gasteiger partial charge in [-0.1, -0.05) is 25.4 Å². The highest BCUT2D eigenvalue weighted by Crippen LogP contribution is 2.36. The van der Waals surface area contributed by atoms with Crippen molar-refractivity contribution in [2.45, 2.75) is 45.8 Å². The summed E-state index contributed by atoms with van der Waals surface area (Å²) < 4.78 is 38.8. The minimum absolute atomic E-state index is 0.0205. The SMILES string of the molecule is Cc1cc(C(=O)NC2CCCN(c3ccc(C(F)(F)F)cc3Cl)C2)cc(NC(=O)C(C)C)n1. The van der Waals surface area contributed by atoms with E-state index in [4.69, 9.17) is 11.6 Å². The first kappa shape index (κ1) is 24.8. The second-order valence-electron chi connectivity index (χ2n) is 8.45. The smallest absolute Gasteiger partial charge is 0.368 e. The Morgan fingerprint density at radius 1 is 1.21 bits per heavy atom. The number of alkyl halides is 3. The summed E-state index contributed by atoms with van der Waals surface area (Å²) in [7, 11) is 0. The molecule has 6 nitrogen and oxygen atoms in total. The van der Waals surface area contributed by atoms with E-state index in [0.29, 0.717) is 35.9 Å². The Morgan fingerprint density at radius 2 is 1.94 bits per heavy atom. The van der Waals surface area contributed by atoms with Crippen molar-refractivity contribution in [3.8, 4) is 0 Å². The molecule has 0 aliphatic carbocycles. The van der Waals surface area contributed by atoms with Crippen LogP contribution < -0.4 is 15.5 Å². The van der Waals surface area contributed by atoms with Crippen LogP contribution in [0.1, 0.15) is 48.3 Å². The lowest BCUT2D eigenvalue weighted by molar-refractivity contribution is -0.137. The zero-order valence-corrected chi connectivity index (χ0v) is 19.3. The standard InChI is InChI=1S/C23H26ClF3N4O2/c1-13(2)21(32)30-20-10-15(9-14(3)28-20)22(33)29-17-5-4-8-31(12-17)19-7-6-16(11-18(19)24)23(25,26)27/h6-7,9-11,13,17H,4-5,8,12H2,1-3H3,(H,29,33)(H,28,30,32). The second kappa shape index (κ2) is 9.99. The lowest BCUT2D eigenvalue weighted by Gasteiger charge is -2.35. The fourth-order valence-corrected chi connectivity index (χ4v) is 3.96. The van der Waals surface area contributed by atoms with Crippen molar-refractivity contribution in [1.29, 1.82) is 0 Å². The number of amides is 2. The molecule has 3 rings (SSSR count). The fraction of sp³-hybridized carbons (Fsp3) is 0.435. The zero-order chi connectivity index (χ0) is 24.3. The normalized spacial score (nSPS) is 16.6. The number of anilines is 2. The molecule has 1 aliphatic heterocycles. The Bertz CT molecular complexity index is 1040. The molecular formula is C23H26ClF3N4O2. The molecule has 33 heavy (non-hydrogen) atoms. The Labute approximate surface area is 195 Å². The van der Waals surface area contributed by atoms with Gasteiger partial charge in [-0.3, -0.25) is 9.59 Å². The van der Waals surface area contributed by atoms with Crippen LogP contribution in [0.3, 0.4) is 0 Å². The number of rotatable bonds is 5. The van der Waals surface area contributed by atoms with Crippen LogP contribution in [0.2, 0.25) is 5.02 Å². The number of aromatic nitrogens is 1. The molecule has 1 aromatic carbocycles. The van der Waals surface area contributed by atoms with Gasteiger partial charge in [0.1, 0.15) is 5.82 Å². The number of nitrogens with one attached hydrogen (secondary N) is 2. The van der Waals surface area contributed by atoms with Crippen LogP contribution in [0.15, 0.2) is 30.3 Å². The summed E-state index contributed by atoms with van der Waals surface area (Å²) >= 11 is 6.15. The van der Waals surface area contributed by atoms with Crippen molar-refractivity contribution in [3.63, 3.8) is 0 Å². The molecule has 1 atom stereocenters. The maximum Gasteiger partial charge on any atom is 0.416 e. The summed E-state index contributed by atoms with van der Waals surface area (Å²) in [5.41, 5.74) is 0.656. The number of benzene rings is 1. The van der Waals surface area contributed by atoms with Crippen molar-refractivity contribution >= 4 is 34.9 Å². The van der Waals surface area contributed by atoms with Gasteiger partial charge < -0.3 is 15.5 Å². The van der Waals surface area contributed by atoms with Crippen molar-refractivity contribution in [3.05, 3.63) is 52.2 Å². The van der Waals surface area contributed by atoms with Crippen LogP contribution in [0, 0.1) is 12.8 Å². The summed E-state index contributed by atoms with van der Waals surface area (Å²) in [4.78, 5) is 31.0. The number of aryl methyl sites for hydroxylation is 1.